The van der Waals surface area contributed by atoms with Crippen molar-refractivity contribution in [3.63, 3.8) is 0 Å². The van der Waals surface area contributed by atoms with Gasteiger partial charge in [-0.2, -0.15) is 0 Å². The standard InChI is InChI=1S/C13H15FN2O/c1-16(11-6-4-10(14)5-7-11)12(9-15)13-3-2-8-17-13/h2-8,12H,9,15H2,1H3. The SMILES string of the molecule is CN(c1ccc(F)cc1)C(CN)c1ccco1. The van der Waals surface area contributed by atoms with Gasteiger partial charge in [0.25, 0.3) is 0 Å². The van der Waals surface area contributed by atoms with Crippen LogP contribution in [-0.2, 0) is 0 Å². The summed E-state index contributed by atoms with van der Waals surface area (Å²) in [5.74, 6) is 0.559. The second-order valence-electron chi connectivity index (χ2n) is 3.85. The van der Waals surface area contributed by atoms with Gasteiger partial charge in [-0.1, -0.05) is 0 Å². The maximum Gasteiger partial charge on any atom is 0.127 e. The first-order chi connectivity index (χ1) is 8.22. The second-order valence-corrected chi connectivity index (χ2v) is 3.85. The van der Waals surface area contributed by atoms with Gasteiger partial charge in [0.15, 0.2) is 0 Å². The third-order valence-corrected chi connectivity index (χ3v) is 2.80. The van der Waals surface area contributed by atoms with Crippen LogP contribution in [0.4, 0.5) is 10.1 Å². The summed E-state index contributed by atoms with van der Waals surface area (Å²) in [4.78, 5) is 1.97. The first kappa shape index (κ1) is 11.7. The van der Waals surface area contributed by atoms with Gasteiger partial charge < -0.3 is 15.1 Å². The Labute approximate surface area is 99.6 Å². The van der Waals surface area contributed by atoms with E-state index >= 15 is 0 Å². The lowest BCUT2D eigenvalue weighted by Gasteiger charge is -2.27. The van der Waals surface area contributed by atoms with Crippen molar-refractivity contribution in [2.45, 2.75) is 6.04 Å². The molecule has 0 fully saturated rings. The van der Waals surface area contributed by atoms with Crippen molar-refractivity contribution in [3.8, 4) is 0 Å². The number of hydrogen-bond acceptors (Lipinski definition) is 3. The minimum Gasteiger partial charge on any atom is -0.467 e. The molecular formula is C13H15FN2O. The fraction of sp³-hybridized carbons (Fsp3) is 0.231. The summed E-state index contributed by atoms with van der Waals surface area (Å²) in [7, 11) is 1.91. The van der Waals surface area contributed by atoms with Crippen LogP contribution in [0.25, 0.3) is 0 Å². The van der Waals surface area contributed by atoms with Gasteiger partial charge >= 0.3 is 0 Å². The minimum atomic E-state index is -0.246. The number of furan rings is 1. The number of benzene rings is 1. The highest BCUT2D eigenvalue weighted by Gasteiger charge is 2.18. The van der Waals surface area contributed by atoms with E-state index < -0.39 is 0 Å². The van der Waals surface area contributed by atoms with Crippen LogP contribution in [0, 0.1) is 5.82 Å². The summed E-state index contributed by atoms with van der Waals surface area (Å²) in [5, 5.41) is 0. The summed E-state index contributed by atoms with van der Waals surface area (Å²) < 4.78 is 18.2. The molecule has 0 saturated heterocycles. The number of halogens is 1. The van der Waals surface area contributed by atoms with Crippen LogP contribution in [0.3, 0.4) is 0 Å². The molecule has 0 aliphatic heterocycles. The Kier molecular flexibility index (Phi) is 3.44. The van der Waals surface area contributed by atoms with Crippen molar-refractivity contribution in [3.05, 3.63) is 54.2 Å². The fourth-order valence-electron chi connectivity index (χ4n) is 1.80. The predicted octanol–water partition coefficient (Wildman–Crippen LogP) is 2.55. The molecule has 1 unspecified atom stereocenters. The largest absolute Gasteiger partial charge is 0.467 e. The maximum absolute atomic E-state index is 12.8. The number of rotatable bonds is 4. The Bertz CT molecular complexity index is 453. The molecule has 17 heavy (non-hydrogen) atoms. The molecule has 0 radical (unpaired) electrons. The van der Waals surface area contributed by atoms with Gasteiger partial charge in [0, 0.05) is 19.3 Å². The Morgan fingerprint density at radius 1 is 1.29 bits per heavy atom. The lowest BCUT2D eigenvalue weighted by Crippen LogP contribution is -2.30. The molecule has 3 nitrogen and oxygen atoms in total. The number of nitrogens with zero attached hydrogens (tertiary/aromatic N) is 1. The van der Waals surface area contributed by atoms with Gasteiger partial charge in [-0.3, -0.25) is 0 Å². The molecule has 1 heterocycles. The predicted molar refractivity (Wildman–Crippen MR) is 65.3 cm³/mol. The molecule has 1 aromatic heterocycles. The monoisotopic (exact) mass is 234 g/mol. The van der Waals surface area contributed by atoms with Crippen molar-refractivity contribution in [1.29, 1.82) is 0 Å². The zero-order valence-electron chi connectivity index (χ0n) is 9.64. The molecule has 90 valence electrons. The molecule has 0 amide bonds. The third kappa shape index (κ3) is 2.47. The zero-order valence-corrected chi connectivity index (χ0v) is 9.64. The number of anilines is 1. The van der Waals surface area contributed by atoms with Crippen LogP contribution in [0.2, 0.25) is 0 Å². The Hall–Kier alpha value is -1.81. The molecule has 1 aromatic carbocycles. The molecule has 1 atom stereocenters. The minimum absolute atomic E-state index is 0.0459. The van der Waals surface area contributed by atoms with Crippen LogP contribution >= 0.6 is 0 Å². The van der Waals surface area contributed by atoms with Crippen LogP contribution in [0.1, 0.15) is 11.8 Å². The van der Waals surface area contributed by atoms with E-state index in [1.165, 1.54) is 12.1 Å². The lowest BCUT2D eigenvalue weighted by molar-refractivity contribution is 0.460. The highest BCUT2D eigenvalue weighted by Crippen LogP contribution is 2.25. The van der Waals surface area contributed by atoms with Gasteiger partial charge in [0.2, 0.25) is 0 Å². The molecule has 0 spiro atoms. The van der Waals surface area contributed by atoms with Crippen molar-refractivity contribution in [1.82, 2.24) is 0 Å². The van der Waals surface area contributed by atoms with Crippen LogP contribution in [0.5, 0.6) is 0 Å². The van der Waals surface area contributed by atoms with Gasteiger partial charge in [-0.25, -0.2) is 4.39 Å². The van der Waals surface area contributed by atoms with Crippen molar-refractivity contribution in [2.75, 3.05) is 18.5 Å². The van der Waals surface area contributed by atoms with Gasteiger partial charge in [0.05, 0.1) is 12.3 Å². The van der Waals surface area contributed by atoms with Gasteiger partial charge in [0.1, 0.15) is 11.6 Å². The molecule has 0 saturated carbocycles. The van der Waals surface area contributed by atoms with E-state index in [0.717, 1.165) is 11.4 Å². The normalized spacial score (nSPS) is 12.4. The molecule has 4 heteroatoms. The first-order valence-corrected chi connectivity index (χ1v) is 5.44. The van der Waals surface area contributed by atoms with E-state index in [4.69, 9.17) is 10.2 Å². The number of likely N-dealkylation sites (N-methyl/N-ethyl adjacent to an activating group) is 1. The second kappa shape index (κ2) is 5.01. The topological polar surface area (TPSA) is 42.4 Å². The summed E-state index contributed by atoms with van der Waals surface area (Å²) in [5.41, 5.74) is 6.66. The maximum atomic E-state index is 12.8. The Morgan fingerprint density at radius 3 is 2.53 bits per heavy atom. The highest BCUT2D eigenvalue weighted by molar-refractivity contribution is 5.47. The molecule has 2 rings (SSSR count). The van der Waals surface area contributed by atoms with E-state index in [-0.39, 0.29) is 11.9 Å². The van der Waals surface area contributed by atoms with Crippen molar-refractivity contribution in [2.24, 2.45) is 5.73 Å². The first-order valence-electron chi connectivity index (χ1n) is 5.44. The average Bonchev–Trinajstić information content (AvgIpc) is 2.84. The van der Waals surface area contributed by atoms with Crippen molar-refractivity contribution < 1.29 is 8.81 Å². The van der Waals surface area contributed by atoms with E-state index in [9.17, 15) is 4.39 Å². The van der Waals surface area contributed by atoms with Crippen LogP contribution in [0.15, 0.2) is 47.1 Å². The van der Waals surface area contributed by atoms with E-state index in [0.29, 0.717) is 6.54 Å². The summed E-state index contributed by atoms with van der Waals surface area (Å²) in [6.07, 6.45) is 1.62. The van der Waals surface area contributed by atoms with E-state index in [1.807, 2.05) is 24.1 Å². The van der Waals surface area contributed by atoms with Crippen LogP contribution in [-0.4, -0.2) is 13.6 Å². The number of hydrogen-bond donors (Lipinski definition) is 1. The summed E-state index contributed by atoms with van der Waals surface area (Å²) in [6, 6.07) is 9.98. The Balaban J connectivity index is 2.23. The molecule has 0 bridgehead atoms. The average molecular weight is 234 g/mol. The Morgan fingerprint density at radius 2 is 2.00 bits per heavy atom. The summed E-state index contributed by atoms with van der Waals surface area (Å²) in [6.45, 7) is 0.432. The summed E-state index contributed by atoms with van der Waals surface area (Å²) >= 11 is 0. The van der Waals surface area contributed by atoms with Gasteiger partial charge in [-0.15, -0.1) is 0 Å². The lowest BCUT2D eigenvalue weighted by atomic mass is 10.1. The molecular weight excluding hydrogens is 219 g/mol. The zero-order chi connectivity index (χ0) is 12.3. The number of nitrogens with two attached hydrogens (primary N) is 1. The van der Waals surface area contributed by atoms with E-state index in [1.54, 1.807) is 18.4 Å². The van der Waals surface area contributed by atoms with Crippen molar-refractivity contribution >= 4 is 5.69 Å². The molecule has 0 aliphatic carbocycles. The molecule has 2 aromatic rings. The fourth-order valence-corrected chi connectivity index (χ4v) is 1.80. The van der Waals surface area contributed by atoms with Gasteiger partial charge in [-0.05, 0) is 36.4 Å². The third-order valence-electron chi connectivity index (χ3n) is 2.80. The molecule has 0 aliphatic rings. The smallest absolute Gasteiger partial charge is 0.127 e. The quantitative estimate of drug-likeness (QED) is 0.884. The molecule has 2 N–H and O–H groups in total. The highest BCUT2D eigenvalue weighted by atomic mass is 19.1. The van der Waals surface area contributed by atoms with Crippen LogP contribution < -0.4 is 10.6 Å². The van der Waals surface area contributed by atoms with E-state index in [2.05, 4.69) is 0 Å².